The van der Waals surface area contributed by atoms with Crippen molar-refractivity contribution in [3.8, 4) is 0 Å². The molecule has 0 fully saturated rings. The maximum absolute atomic E-state index is 13.2. The Morgan fingerprint density at radius 3 is 2.10 bits per heavy atom. The van der Waals surface area contributed by atoms with Gasteiger partial charge in [-0.2, -0.15) is 0 Å². The van der Waals surface area contributed by atoms with E-state index >= 15 is 0 Å². The molecule has 3 N–H and O–H groups in total. The summed E-state index contributed by atoms with van der Waals surface area (Å²) >= 11 is 0. The second-order valence-electron chi connectivity index (χ2n) is 5.26. The second-order valence-corrected chi connectivity index (χ2v) is 5.26. The van der Waals surface area contributed by atoms with Gasteiger partial charge in [-0.25, -0.2) is 9.18 Å². The molecule has 1 atom stereocenters. The van der Waals surface area contributed by atoms with Gasteiger partial charge < -0.3 is 11.1 Å². The molecule has 0 saturated carbocycles. The molecule has 0 aliphatic heterocycles. The molecule has 1 aromatic rings. The Morgan fingerprint density at radius 1 is 1.25 bits per heavy atom. The molecule has 3 nitrogen and oxygen atoms in total. The van der Waals surface area contributed by atoms with Crippen LogP contribution in [-0.2, 0) is 19.3 Å². The van der Waals surface area contributed by atoms with E-state index in [1.807, 2.05) is 12.1 Å². The van der Waals surface area contributed by atoms with E-state index in [1.54, 1.807) is 6.92 Å². The molecule has 2 amide bonds. The normalized spacial score (nSPS) is 12.2. The summed E-state index contributed by atoms with van der Waals surface area (Å²) < 4.78 is 13.2. The molecule has 112 valence electrons. The molecule has 1 aromatic carbocycles. The third kappa shape index (κ3) is 4.83. The number of rotatable bonds is 7. The fraction of sp³-hybridized carbons (Fsp3) is 0.562. The van der Waals surface area contributed by atoms with Crippen LogP contribution in [0.2, 0.25) is 0 Å². The molecule has 0 spiro atoms. The van der Waals surface area contributed by atoms with E-state index in [-0.39, 0.29) is 0 Å². The van der Waals surface area contributed by atoms with E-state index in [2.05, 4.69) is 19.2 Å². The minimum absolute atomic E-state index is 0.407. The molecular formula is C16H25FN2O. The van der Waals surface area contributed by atoms with E-state index in [4.69, 9.17) is 5.73 Å². The van der Waals surface area contributed by atoms with Gasteiger partial charge in [0, 0.05) is 12.1 Å². The maximum atomic E-state index is 13.2. The Morgan fingerprint density at radius 2 is 1.75 bits per heavy atom. The molecule has 0 saturated heterocycles. The zero-order chi connectivity index (χ0) is 15.1. The number of hydrogen-bond acceptors (Lipinski definition) is 1. The van der Waals surface area contributed by atoms with Crippen LogP contribution in [0.4, 0.5) is 14.9 Å². The number of carbonyl (C=O) groups excluding carboxylic acids is 1. The van der Waals surface area contributed by atoms with Crippen molar-refractivity contribution in [3.05, 3.63) is 28.8 Å². The Labute approximate surface area is 120 Å². The number of benzene rings is 1. The van der Waals surface area contributed by atoms with Crippen LogP contribution in [-0.4, -0.2) is 12.2 Å². The summed E-state index contributed by atoms with van der Waals surface area (Å²) in [6.07, 6.45) is 3.17. The van der Waals surface area contributed by atoms with Gasteiger partial charge in [0.25, 0.3) is 0 Å². The van der Waals surface area contributed by atoms with Crippen molar-refractivity contribution >= 4 is 11.7 Å². The van der Waals surface area contributed by atoms with Crippen LogP contribution in [0.3, 0.4) is 0 Å². The molecule has 0 heterocycles. The van der Waals surface area contributed by atoms with Crippen molar-refractivity contribution in [2.24, 2.45) is 5.73 Å². The maximum Gasteiger partial charge on any atom is 0.316 e. The number of alkyl halides is 1. The SMILES string of the molecule is CCCc1cc(CC(C)F)cc(CCC)c1NC(N)=O. The first-order valence-corrected chi connectivity index (χ1v) is 7.33. The van der Waals surface area contributed by atoms with E-state index in [0.717, 1.165) is 48.1 Å². The number of hydrogen-bond donors (Lipinski definition) is 2. The first-order chi connectivity index (χ1) is 9.47. The average Bonchev–Trinajstić information content (AvgIpc) is 2.33. The van der Waals surface area contributed by atoms with Crippen molar-refractivity contribution in [1.29, 1.82) is 0 Å². The van der Waals surface area contributed by atoms with Gasteiger partial charge >= 0.3 is 6.03 Å². The average molecular weight is 280 g/mol. The monoisotopic (exact) mass is 280 g/mol. The number of carbonyl (C=O) groups is 1. The Balaban J connectivity index is 3.25. The quantitative estimate of drug-likeness (QED) is 0.779. The highest BCUT2D eigenvalue weighted by Crippen LogP contribution is 2.27. The molecule has 0 bridgehead atoms. The Bertz CT molecular complexity index is 431. The van der Waals surface area contributed by atoms with Gasteiger partial charge in [-0.05, 0) is 36.5 Å². The number of urea groups is 1. The largest absolute Gasteiger partial charge is 0.351 e. The summed E-state index contributed by atoms with van der Waals surface area (Å²) in [6.45, 7) is 5.73. The van der Waals surface area contributed by atoms with Crippen LogP contribution < -0.4 is 11.1 Å². The van der Waals surface area contributed by atoms with Crippen LogP contribution in [0.15, 0.2) is 12.1 Å². The van der Waals surface area contributed by atoms with Gasteiger partial charge in [-0.3, -0.25) is 0 Å². The lowest BCUT2D eigenvalue weighted by molar-refractivity contribution is 0.259. The predicted octanol–water partition coefficient (Wildman–Crippen LogP) is 3.98. The number of nitrogens with two attached hydrogens (primary N) is 1. The minimum Gasteiger partial charge on any atom is -0.351 e. The molecule has 1 rings (SSSR count). The van der Waals surface area contributed by atoms with Gasteiger partial charge in [0.15, 0.2) is 0 Å². The fourth-order valence-corrected chi connectivity index (χ4v) is 2.50. The van der Waals surface area contributed by atoms with Crippen LogP contribution in [0.5, 0.6) is 0 Å². The molecule has 0 aromatic heterocycles. The van der Waals surface area contributed by atoms with Gasteiger partial charge in [-0.15, -0.1) is 0 Å². The van der Waals surface area contributed by atoms with Crippen molar-refractivity contribution < 1.29 is 9.18 Å². The van der Waals surface area contributed by atoms with E-state index in [9.17, 15) is 9.18 Å². The topological polar surface area (TPSA) is 55.1 Å². The molecule has 4 heteroatoms. The number of halogens is 1. The summed E-state index contributed by atoms with van der Waals surface area (Å²) in [5.41, 5.74) is 9.17. The third-order valence-corrected chi connectivity index (χ3v) is 3.17. The van der Waals surface area contributed by atoms with Gasteiger partial charge in [-0.1, -0.05) is 38.8 Å². The summed E-state index contributed by atoms with van der Waals surface area (Å²) in [5, 5.41) is 2.74. The van der Waals surface area contributed by atoms with Gasteiger partial charge in [0.1, 0.15) is 6.17 Å². The summed E-state index contributed by atoms with van der Waals surface area (Å²) in [6, 6.07) is 3.43. The molecule has 0 radical (unpaired) electrons. The highest BCUT2D eigenvalue weighted by molar-refractivity contribution is 5.90. The van der Waals surface area contributed by atoms with Crippen LogP contribution in [0, 0.1) is 0 Å². The number of anilines is 1. The van der Waals surface area contributed by atoms with Crippen molar-refractivity contribution in [2.75, 3.05) is 5.32 Å². The Kier molecular flexibility index (Phi) is 6.49. The lowest BCUT2D eigenvalue weighted by Crippen LogP contribution is -2.21. The first kappa shape index (κ1) is 16.5. The number of nitrogens with one attached hydrogen (secondary N) is 1. The third-order valence-electron chi connectivity index (χ3n) is 3.17. The van der Waals surface area contributed by atoms with Gasteiger partial charge in [0.2, 0.25) is 0 Å². The lowest BCUT2D eigenvalue weighted by atomic mass is 9.95. The predicted molar refractivity (Wildman–Crippen MR) is 81.9 cm³/mol. The zero-order valence-corrected chi connectivity index (χ0v) is 12.6. The van der Waals surface area contributed by atoms with E-state index < -0.39 is 12.2 Å². The first-order valence-electron chi connectivity index (χ1n) is 7.33. The molecule has 20 heavy (non-hydrogen) atoms. The highest BCUT2D eigenvalue weighted by Gasteiger charge is 2.13. The van der Waals surface area contributed by atoms with Crippen molar-refractivity contribution in [3.63, 3.8) is 0 Å². The van der Waals surface area contributed by atoms with Crippen molar-refractivity contribution in [2.45, 2.75) is 59.0 Å². The minimum atomic E-state index is -0.867. The summed E-state index contributed by atoms with van der Waals surface area (Å²) in [7, 11) is 0. The smallest absolute Gasteiger partial charge is 0.316 e. The fourth-order valence-electron chi connectivity index (χ4n) is 2.50. The molecule has 0 aliphatic rings. The van der Waals surface area contributed by atoms with Gasteiger partial charge in [0.05, 0.1) is 0 Å². The number of aryl methyl sites for hydroxylation is 2. The lowest BCUT2D eigenvalue weighted by Gasteiger charge is -2.17. The molecule has 1 unspecified atom stereocenters. The zero-order valence-electron chi connectivity index (χ0n) is 12.6. The second kappa shape index (κ2) is 7.88. The standard InChI is InChI=1S/C16H25FN2O/c1-4-6-13-9-12(8-11(3)17)10-14(7-5-2)15(13)19-16(18)20/h9-11H,4-8H2,1-3H3,(H3,18,19,20). The van der Waals surface area contributed by atoms with E-state index in [1.165, 1.54) is 0 Å². The van der Waals surface area contributed by atoms with Crippen LogP contribution in [0.25, 0.3) is 0 Å². The van der Waals surface area contributed by atoms with E-state index in [0.29, 0.717) is 6.42 Å². The number of primary amides is 1. The van der Waals surface area contributed by atoms with Crippen LogP contribution in [0.1, 0.15) is 50.3 Å². The summed E-state index contributed by atoms with van der Waals surface area (Å²) in [4.78, 5) is 11.2. The van der Waals surface area contributed by atoms with Crippen LogP contribution >= 0.6 is 0 Å². The van der Waals surface area contributed by atoms with Crippen molar-refractivity contribution in [1.82, 2.24) is 0 Å². The molecule has 0 aliphatic carbocycles. The number of amides is 2. The highest BCUT2D eigenvalue weighted by atomic mass is 19.1. The molecular weight excluding hydrogens is 255 g/mol. The summed E-state index contributed by atoms with van der Waals surface area (Å²) in [5.74, 6) is 0. The Hall–Kier alpha value is -1.58.